The van der Waals surface area contributed by atoms with Crippen LogP contribution in [0.15, 0.2) is 18.2 Å². The Morgan fingerprint density at radius 2 is 1.61 bits per heavy atom. The zero-order valence-electron chi connectivity index (χ0n) is 16.6. The number of phenolic OH excluding ortho intramolecular Hbond substituents is 1. The third kappa shape index (κ3) is 3.42. The first kappa shape index (κ1) is 19.0. The largest absolute Gasteiger partial charge is 0.507 e. The van der Waals surface area contributed by atoms with Gasteiger partial charge in [-0.1, -0.05) is 6.07 Å². The number of rotatable bonds is 6. The molecular weight excluding hydrogens is 352 g/mol. The molecule has 0 heterocycles. The summed E-state index contributed by atoms with van der Waals surface area (Å²) in [5.74, 6) is 0.884. The number of ether oxygens (including phenoxy) is 2. The second-order valence-electron chi connectivity index (χ2n) is 7.78. The number of benzene rings is 2. The van der Waals surface area contributed by atoms with Crippen molar-refractivity contribution >= 4 is 6.29 Å². The molecule has 0 saturated heterocycles. The molecular formula is C24H28O4. The van der Waals surface area contributed by atoms with Gasteiger partial charge in [0.05, 0.1) is 12.2 Å². The summed E-state index contributed by atoms with van der Waals surface area (Å²) in [4.78, 5) is 11.9. The molecule has 0 saturated carbocycles. The predicted molar refractivity (Wildman–Crippen MR) is 110 cm³/mol. The van der Waals surface area contributed by atoms with E-state index in [0.29, 0.717) is 24.5 Å². The predicted octanol–water partition coefficient (Wildman–Crippen LogP) is 4.65. The van der Waals surface area contributed by atoms with Crippen LogP contribution in [0, 0.1) is 0 Å². The van der Waals surface area contributed by atoms with Crippen molar-refractivity contribution in [2.75, 3.05) is 20.3 Å². The molecule has 2 aliphatic rings. The van der Waals surface area contributed by atoms with Crippen LogP contribution >= 0.6 is 0 Å². The average Bonchev–Trinajstić information content (AvgIpc) is 2.73. The molecule has 1 N–H and O–H groups in total. The lowest BCUT2D eigenvalue weighted by Crippen LogP contribution is -2.13. The van der Waals surface area contributed by atoms with E-state index in [9.17, 15) is 9.90 Å². The number of carbonyl (C=O) groups is 1. The first-order chi connectivity index (χ1) is 13.7. The molecule has 4 rings (SSSR count). The van der Waals surface area contributed by atoms with E-state index in [1.807, 2.05) is 6.07 Å². The van der Waals surface area contributed by atoms with Crippen molar-refractivity contribution in [3.63, 3.8) is 0 Å². The molecule has 4 heteroatoms. The molecule has 0 atom stereocenters. The van der Waals surface area contributed by atoms with Crippen LogP contribution in [-0.4, -0.2) is 31.7 Å². The van der Waals surface area contributed by atoms with E-state index in [1.165, 1.54) is 28.7 Å². The summed E-state index contributed by atoms with van der Waals surface area (Å²) in [6.07, 6.45) is 9.35. The average molecular weight is 380 g/mol. The van der Waals surface area contributed by atoms with Crippen molar-refractivity contribution in [2.45, 2.75) is 51.4 Å². The fourth-order valence-corrected chi connectivity index (χ4v) is 4.74. The van der Waals surface area contributed by atoms with Gasteiger partial charge in [-0.05, 0) is 85.8 Å². The maximum atomic E-state index is 11.9. The van der Waals surface area contributed by atoms with E-state index < -0.39 is 0 Å². The fraction of sp³-hybridized carbons (Fsp3) is 0.458. The maximum Gasteiger partial charge on any atom is 0.153 e. The van der Waals surface area contributed by atoms with Crippen LogP contribution in [0.5, 0.6) is 11.5 Å². The number of carbonyl (C=O) groups excluding carboxylic acids is 1. The zero-order valence-corrected chi connectivity index (χ0v) is 16.6. The SMILES string of the molecule is COCCOc1c(C=O)cc2c(c1-c1c(O)ccc3c1CCCC3)CCCC2. The van der Waals surface area contributed by atoms with Gasteiger partial charge in [-0.3, -0.25) is 4.79 Å². The van der Waals surface area contributed by atoms with Crippen molar-refractivity contribution in [3.05, 3.63) is 46.0 Å². The number of hydrogen-bond acceptors (Lipinski definition) is 4. The summed E-state index contributed by atoms with van der Waals surface area (Å²) in [7, 11) is 1.64. The minimum atomic E-state index is 0.285. The molecule has 2 aromatic carbocycles. The molecule has 0 aromatic heterocycles. The summed E-state index contributed by atoms with van der Waals surface area (Å²) in [6, 6.07) is 5.84. The minimum Gasteiger partial charge on any atom is -0.507 e. The lowest BCUT2D eigenvalue weighted by Gasteiger charge is -2.27. The molecule has 0 unspecified atom stereocenters. The minimum absolute atomic E-state index is 0.285. The summed E-state index contributed by atoms with van der Waals surface area (Å²) in [5.41, 5.74) is 7.37. The van der Waals surface area contributed by atoms with Gasteiger partial charge in [0.15, 0.2) is 6.29 Å². The second kappa shape index (κ2) is 8.36. The van der Waals surface area contributed by atoms with Gasteiger partial charge in [0.25, 0.3) is 0 Å². The normalized spacial score (nSPS) is 15.6. The van der Waals surface area contributed by atoms with Crippen molar-refractivity contribution in [1.29, 1.82) is 0 Å². The lowest BCUT2D eigenvalue weighted by molar-refractivity contribution is 0.111. The number of phenols is 1. The lowest BCUT2D eigenvalue weighted by atomic mass is 9.79. The van der Waals surface area contributed by atoms with Crippen molar-refractivity contribution in [3.8, 4) is 22.6 Å². The smallest absolute Gasteiger partial charge is 0.153 e. The van der Waals surface area contributed by atoms with Crippen LogP contribution in [0.25, 0.3) is 11.1 Å². The Hall–Kier alpha value is -2.33. The van der Waals surface area contributed by atoms with E-state index in [0.717, 1.165) is 62.4 Å². The third-order valence-corrected chi connectivity index (χ3v) is 6.05. The highest BCUT2D eigenvalue weighted by Crippen LogP contribution is 2.47. The number of aromatic hydroxyl groups is 1. The standard InChI is InChI=1S/C24H28O4/c1-27-12-13-28-24-18(15-25)14-17-7-3-5-9-20(17)23(24)22-19-8-4-2-6-16(19)10-11-21(22)26/h10-11,14-15,26H,2-9,12-13H2,1H3. The van der Waals surface area contributed by atoms with Crippen molar-refractivity contribution < 1.29 is 19.4 Å². The number of aryl methyl sites for hydroxylation is 2. The van der Waals surface area contributed by atoms with Crippen LogP contribution in [0.3, 0.4) is 0 Å². The van der Waals surface area contributed by atoms with E-state index in [2.05, 4.69) is 6.07 Å². The molecule has 2 aliphatic carbocycles. The third-order valence-electron chi connectivity index (χ3n) is 6.05. The number of fused-ring (bicyclic) bond motifs is 2. The first-order valence-electron chi connectivity index (χ1n) is 10.3. The Kier molecular flexibility index (Phi) is 5.67. The summed E-state index contributed by atoms with van der Waals surface area (Å²) in [6.45, 7) is 0.826. The molecule has 0 amide bonds. The molecule has 148 valence electrons. The Bertz CT molecular complexity index is 885. The van der Waals surface area contributed by atoms with E-state index >= 15 is 0 Å². The molecule has 0 aliphatic heterocycles. The monoisotopic (exact) mass is 380 g/mol. The summed E-state index contributed by atoms with van der Waals surface area (Å²) < 4.78 is 11.2. The van der Waals surface area contributed by atoms with Crippen LogP contribution in [-0.2, 0) is 30.4 Å². The quantitative estimate of drug-likeness (QED) is 0.585. The highest BCUT2D eigenvalue weighted by Gasteiger charge is 2.27. The van der Waals surface area contributed by atoms with Gasteiger partial charge >= 0.3 is 0 Å². The van der Waals surface area contributed by atoms with Gasteiger partial charge in [0.2, 0.25) is 0 Å². The number of methoxy groups -OCH3 is 1. The molecule has 2 aromatic rings. The highest BCUT2D eigenvalue weighted by atomic mass is 16.5. The van der Waals surface area contributed by atoms with Gasteiger partial charge in [-0.15, -0.1) is 0 Å². The molecule has 0 spiro atoms. The van der Waals surface area contributed by atoms with Gasteiger partial charge in [0, 0.05) is 18.2 Å². The van der Waals surface area contributed by atoms with Crippen molar-refractivity contribution in [2.24, 2.45) is 0 Å². The molecule has 28 heavy (non-hydrogen) atoms. The van der Waals surface area contributed by atoms with Gasteiger partial charge in [-0.2, -0.15) is 0 Å². The summed E-state index contributed by atoms with van der Waals surface area (Å²) >= 11 is 0. The molecule has 0 fully saturated rings. The van der Waals surface area contributed by atoms with Crippen LogP contribution in [0.1, 0.15) is 58.3 Å². The van der Waals surface area contributed by atoms with Gasteiger partial charge in [0.1, 0.15) is 18.1 Å². The maximum absolute atomic E-state index is 11.9. The van der Waals surface area contributed by atoms with Crippen LogP contribution in [0.2, 0.25) is 0 Å². The molecule has 4 nitrogen and oxygen atoms in total. The van der Waals surface area contributed by atoms with Gasteiger partial charge < -0.3 is 14.6 Å². The van der Waals surface area contributed by atoms with Crippen molar-refractivity contribution in [1.82, 2.24) is 0 Å². The van der Waals surface area contributed by atoms with Crippen LogP contribution < -0.4 is 4.74 Å². The number of hydrogen-bond donors (Lipinski definition) is 1. The molecule has 0 radical (unpaired) electrons. The topological polar surface area (TPSA) is 55.8 Å². The van der Waals surface area contributed by atoms with E-state index in [4.69, 9.17) is 9.47 Å². The fourth-order valence-electron chi connectivity index (χ4n) is 4.74. The summed E-state index contributed by atoms with van der Waals surface area (Å²) in [5, 5.41) is 10.9. The Labute approximate surface area is 166 Å². The Morgan fingerprint density at radius 3 is 2.32 bits per heavy atom. The highest BCUT2D eigenvalue weighted by molar-refractivity contribution is 5.91. The van der Waals surface area contributed by atoms with E-state index in [-0.39, 0.29) is 5.75 Å². The zero-order chi connectivity index (χ0) is 19.5. The first-order valence-corrected chi connectivity index (χ1v) is 10.3. The van der Waals surface area contributed by atoms with E-state index in [1.54, 1.807) is 13.2 Å². The Balaban J connectivity index is 1.98. The van der Waals surface area contributed by atoms with Gasteiger partial charge in [-0.25, -0.2) is 0 Å². The number of aldehydes is 1. The second-order valence-corrected chi connectivity index (χ2v) is 7.78. The Morgan fingerprint density at radius 1 is 0.929 bits per heavy atom. The van der Waals surface area contributed by atoms with Crippen LogP contribution in [0.4, 0.5) is 0 Å². The molecule has 0 bridgehead atoms.